The number of methoxy groups -OCH3 is 1. The highest BCUT2D eigenvalue weighted by atomic mass is 32.3. The van der Waals surface area contributed by atoms with Crippen molar-refractivity contribution in [2.75, 3.05) is 44.8 Å². The third-order valence-corrected chi connectivity index (χ3v) is 9.60. The Kier molecular flexibility index (Phi) is 7.67. The number of β-amino-alcohol motifs (C(OH)–C–C–N with tert-alkyl or cyclic N) is 1. The zero-order valence-corrected chi connectivity index (χ0v) is 22.1. The van der Waals surface area contributed by atoms with Crippen molar-refractivity contribution < 1.29 is 23.3 Å². The van der Waals surface area contributed by atoms with Gasteiger partial charge in [-0.05, 0) is 55.7 Å². The number of aliphatic hydroxyl groups is 1. The van der Waals surface area contributed by atoms with Gasteiger partial charge in [-0.15, -0.1) is 10.8 Å². The van der Waals surface area contributed by atoms with Gasteiger partial charge in [-0.1, -0.05) is 5.57 Å². The van der Waals surface area contributed by atoms with Crippen LogP contribution >= 0.6 is 10.8 Å². The Morgan fingerprint density at radius 3 is 2.74 bits per heavy atom. The number of ether oxygens (including phenoxy) is 1. The second kappa shape index (κ2) is 10.8. The number of hydrogen-bond donors (Lipinski definition) is 4. The predicted molar refractivity (Wildman–Crippen MR) is 147 cm³/mol. The second-order valence-electron chi connectivity index (χ2n) is 10.3. The number of hydrogen-bond acceptors (Lipinski definition) is 9. The SMILES string of the molecule is COCC12CC(C=N)C(=Nc3ccc(F)cc3)C=C1CCN(S(O)(O)c1cncc(N3CCC(O)C3)c1)C2. The fourth-order valence-corrected chi connectivity index (χ4v) is 7.28. The number of fused-ring (bicyclic) bond motifs is 1. The number of aliphatic imine (C=N–C) groups is 1. The quantitative estimate of drug-likeness (QED) is 0.378. The largest absolute Gasteiger partial charge is 0.391 e. The number of anilines is 1. The minimum Gasteiger partial charge on any atom is -0.391 e. The van der Waals surface area contributed by atoms with E-state index >= 15 is 0 Å². The number of aliphatic hydroxyl groups excluding tert-OH is 1. The van der Waals surface area contributed by atoms with Crippen molar-refractivity contribution in [2.45, 2.75) is 30.3 Å². The number of nitrogens with zero attached hydrogens (tertiary/aromatic N) is 4. The van der Waals surface area contributed by atoms with Crippen molar-refractivity contribution in [1.82, 2.24) is 9.29 Å². The number of pyridine rings is 1. The van der Waals surface area contributed by atoms with Gasteiger partial charge >= 0.3 is 0 Å². The van der Waals surface area contributed by atoms with Crippen molar-refractivity contribution in [3.63, 3.8) is 0 Å². The molecule has 0 radical (unpaired) electrons. The van der Waals surface area contributed by atoms with Crippen LogP contribution in [-0.4, -0.2) is 81.4 Å². The highest BCUT2D eigenvalue weighted by molar-refractivity contribution is 8.22. The third-order valence-electron chi connectivity index (χ3n) is 7.71. The van der Waals surface area contributed by atoms with Crippen LogP contribution in [0, 0.1) is 22.6 Å². The van der Waals surface area contributed by atoms with Crippen LogP contribution in [0.15, 0.2) is 64.3 Å². The van der Waals surface area contributed by atoms with Crippen LogP contribution in [0.2, 0.25) is 0 Å². The first-order valence-electron chi connectivity index (χ1n) is 12.7. The summed E-state index contributed by atoms with van der Waals surface area (Å²) in [5, 5.41) is 18.0. The minimum atomic E-state index is -3.35. The van der Waals surface area contributed by atoms with Gasteiger partial charge in [0, 0.05) is 56.5 Å². The van der Waals surface area contributed by atoms with E-state index in [9.17, 15) is 18.6 Å². The van der Waals surface area contributed by atoms with E-state index in [2.05, 4.69) is 4.98 Å². The fourth-order valence-electron chi connectivity index (χ4n) is 5.73. The maximum absolute atomic E-state index is 13.4. The first kappa shape index (κ1) is 26.9. The van der Waals surface area contributed by atoms with Crippen LogP contribution in [0.25, 0.3) is 0 Å². The Balaban J connectivity index is 1.43. The van der Waals surface area contributed by atoms with Gasteiger partial charge < -0.3 is 20.2 Å². The molecule has 3 aliphatic rings. The molecule has 0 saturated carbocycles. The van der Waals surface area contributed by atoms with Gasteiger partial charge in [0.1, 0.15) is 5.82 Å². The van der Waals surface area contributed by atoms with Crippen LogP contribution in [0.5, 0.6) is 0 Å². The second-order valence-corrected chi connectivity index (χ2v) is 12.3. The maximum Gasteiger partial charge on any atom is 0.123 e. The first-order valence-corrected chi connectivity index (χ1v) is 14.2. The molecule has 3 unspecified atom stereocenters. The van der Waals surface area contributed by atoms with E-state index in [0.29, 0.717) is 62.6 Å². The van der Waals surface area contributed by atoms with Crippen molar-refractivity contribution in [3.05, 3.63) is 60.2 Å². The average Bonchev–Trinajstić information content (AvgIpc) is 3.36. The van der Waals surface area contributed by atoms with Crippen molar-refractivity contribution in [2.24, 2.45) is 16.3 Å². The lowest BCUT2D eigenvalue weighted by Crippen LogP contribution is -2.51. The van der Waals surface area contributed by atoms with E-state index in [4.69, 9.17) is 15.1 Å². The maximum atomic E-state index is 13.4. The summed E-state index contributed by atoms with van der Waals surface area (Å²) in [5.41, 5.74) is 2.69. The van der Waals surface area contributed by atoms with Gasteiger partial charge in [0.25, 0.3) is 0 Å². The van der Waals surface area contributed by atoms with Gasteiger partial charge in [0.05, 0.1) is 41.4 Å². The smallest absolute Gasteiger partial charge is 0.123 e. The van der Waals surface area contributed by atoms with Gasteiger partial charge in [-0.2, -0.15) is 0 Å². The molecule has 11 heteroatoms. The van der Waals surface area contributed by atoms with E-state index in [1.807, 2.05) is 11.0 Å². The summed E-state index contributed by atoms with van der Waals surface area (Å²) in [5.74, 6) is -0.629. The molecule has 2 aliphatic heterocycles. The zero-order chi connectivity index (χ0) is 26.9. The Morgan fingerprint density at radius 2 is 2.05 bits per heavy atom. The summed E-state index contributed by atoms with van der Waals surface area (Å²) in [7, 11) is -1.72. The molecular weight excluding hydrogens is 509 g/mol. The molecule has 4 N–H and O–H groups in total. The molecule has 1 aliphatic carbocycles. The molecule has 0 bridgehead atoms. The number of aromatic nitrogens is 1. The standard InChI is InChI=1S/C27H34FN5O4S/c1-37-18-27-12-19(13-29)26(31-22-4-2-21(28)3-5-22)10-20(27)6-9-33(17-27)38(35,36)25-11-23(14-30-15-25)32-8-7-24(34)16-32/h2-5,10-11,13-15,19,24,29,34-36H,6-9,12,16-18H2,1H3. The summed E-state index contributed by atoms with van der Waals surface area (Å²) >= 11 is 0. The van der Waals surface area contributed by atoms with E-state index < -0.39 is 22.3 Å². The summed E-state index contributed by atoms with van der Waals surface area (Å²) in [4.78, 5) is 11.3. The first-order chi connectivity index (χ1) is 18.2. The summed E-state index contributed by atoms with van der Waals surface area (Å²) in [6, 6.07) is 7.71. The van der Waals surface area contributed by atoms with Crippen molar-refractivity contribution >= 4 is 34.1 Å². The highest BCUT2D eigenvalue weighted by Gasteiger charge is 2.47. The van der Waals surface area contributed by atoms with E-state index in [-0.39, 0.29) is 11.7 Å². The molecule has 1 aromatic carbocycles. The third kappa shape index (κ3) is 5.27. The number of piperidine rings is 1. The molecular formula is C27H34FN5O4S. The van der Waals surface area contributed by atoms with Gasteiger partial charge in [-0.3, -0.25) is 19.1 Å². The van der Waals surface area contributed by atoms with Crippen molar-refractivity contribution in [3.8, 4) is 0 Å². The number of nitrogens with one attached hydrogen (secondary N) is 1. The minimum absolute atomic E-state index is 0.299. The van der Waals surface area contributed by atoms with Crippen LogP contribution in [0.1, 0.15) is 19.3 Å². The molecule has 38 heavy (non-hydrogen) atoms. The number of rotatable bonds is 7. The lowest BCUT2D eigenvalue weighted by molar-refractivity contribution is 0.0610. The highest BCUT2D eigenvalue weighted by Crippen LogP contribution is 2.57. The molecule has 0 amide bonds. The molecule has 2 aromatic rings. The number of halogens is 1. The Labute approximate surface area is 223 Å². The molecule has 3 atom stereocenters. The topological polar surface area (TPSA) is 126 Å². The van der Waals surface area contributed by atoms with E-state index in [0.717, 1.165) is 17.0 Å². The zero-order valence-electron chi connectivity index (χ0n) is 21.3. The monoisotopic (exact) mass is 543 g/mol. The molecule has 2 saturated heterocycles. The summed E-state index contributed by atoms with van der Waals surface area (Å²) in [6.45, 7) is 2.31. The Hall–Kier alpha value is -2.67. The normalized spacial score (nSPS) is 27.8. The van der Waals surface area contributed by atoms with E-state index in [1.165, 1.54) is 24.5 Å². The lowest BCUT2D eigenvalue weighted by atomic mass is 9.66. The lowest BCUT2D eigenvalue weighted by Gasteiger charge is -2.53. The fraction of sp³-hybridized carbons (Fsp3) is 0.444. The summed E-state index contributed by atoms with van der Waals surface area (Å²) < 4.78 is 43.7. The molecule has 9 nitrogen and oxygen atoms in total. The van der Waals surface area contributed by atoms with Gasteiger partial charge in [0.2, 0.25) is 0 Å². The molecule has 5 rings (SSSR count). The molecule has 3 heterocycles. The Morgan fingerprint density at radius 1 is 1.26 bits per heavy atom. The van der Waals surface area contributed by atoms with Crippen LogP contribution in [0.4, 0.5) is 15.8 Å². The number of allylic oxidation sites excluding steroid dienone is 1. The molecule has 204 valence electrons. The molecule has 1 aromatic heterocycles. The molecule has 2 fully saturated rings. The van der Waals surface area contributed by atoms with Crippen molar-refractivity contribution in [1.29, 1.82) is 5.41 Å². The van der Waals surface area contributed by atoms with Crippen LogP contribution in [0.3, 0.4) is 0 Å². The predicted octanol–water partition coefficient (Wildman–Crippen LogP) is 4.52. The number of benzene rings is 1. The average molecular weight is 544 g/mol. The van der Waals surface area contributed by atoms with Crippen LogP contribution < -0.4 is 4.90 Å². The summed E-state index contributed by atoms with van der Waals surface area (Å²) in [6.07, 6.45) is 7.93. The Bertz CT molecular complexity index is 1240. The van der Waals surface area contributed by atoms with E-state index in [1.54, 1.807) is 35.8 Å². The van der Waals surface area contributed by atoms with Gasteiger partial charge in [0.15, 0.2) is 0 Å². The molecule has 0 spiro atoms. The van der Waals surface area contributed by atoms with Crippen LogP contribution in [-0.2, 0) is 4.74 Å². The van der Waals surface area contributed by atoms with Gasteiger partial charge in [-0.25, -0.2) is 8.70 Å².